The van der Waals surface area contributed by atoms with Crippen LogP contribution in [0.4, 0.5) is 0 Å². The van der Waals surface area contributed by atoms with Crippen molar-refractivity contribution in [2.24, 2.45) is 5.10 Å². The van der Waals surface area contributed by atoms with Gasteiger partial charge in [-0.25, -0.2) is 5.43 Å². The zero-order chi connectivity index (χ0) is 20.4. The first-order valence-corrected chi connectivity index (χ1v) is 8.89. The third-order valence-corrected chi connectivity index (χ3v) is 4.59. The summed E-state index contributed by atoms with van der Waals surface area (Å²) in [6, 6.07) is 18.4. The van der Waals surface area contributed by atoms with E-state index in [4.69, 9.17) is 0 Å². The second-order valence-electron chi connectivity index (χ2n) is 6.49. The number of amides is 1. The van der Waals surface area contributed by atoms with Gasteiger partial charge in [-0.2, -0.15) is 5.10 Å². The first kappa shape index (κ1) is 18.2. The Balaban J connectivity index is 1.65. The number of hydrazone groups is 1. The lowest BCUT2D eigenvalue weighted by Crippen LogP contribution is -2.25. The highest BCUT2D eigenvalue weighted by atomic mass is 16.3. The number of aromatic hydroxyl groups is 2. The average molecular weight is 387 g/mol. The van der Waals surface area contributed by atoms with Gasteiger partial charge in [-0.3, -0.25) is 9.59 Å². The lowest BCUT2D eigenvalue weighted by molar-refractivity contribution is -0.121. The number of fused-ring (bicyclic) bond motifs is 2. The maximum Gasteiger partial charge on any atom is 0.260 e. The number of rotatable bonds is 4. The maximum absolute atomic E-state index is 12.7. The number of hydrogen-bond acceptors (Lipinski definition) is 5. The standard InChI is InChI=1S/C22H17N3O4/c26-15-10-9-14(20(27)11-15)12-23-24-21(28)13-25-18-7-3-1-5-16(18)22(29)17-6-2-4-8-19(17)25/h1-12,26-27H,13H2,(H,24,28)/b23-12-. The van der Waals surface area contributed by atoms with Crippen molar-refractivity contribution in [1.82, 2.24) is 9.99 Å². The largest absolute Gasteiger partial charge is 0.508 e. The van der Waals surface area contributed by atoms with Crippen molar-refractivity contribution in [2.45, 2.75) is 6.54 Å². The first-order valence-electron chi connectivity index (χ1n) is 8.89. The number of para-hydroxylation sites is 2. The summed E-state index contributed by atoms with van der Waals surface area (Å²) in [6.45, 7) is -0.0415. The molecule has 0 fully saturated rings. The SMILES string of the molecule is O=C(Cn1c2ccccc2c(=O)c2ccccc21)N/N=C\c1ccc(O)cc1O. The van der Waals surface area contributed by atoms with E-state index in [0.29, 0.717) is 27.4 Å². The fraction of sp³-hybridized carbons (Fsp3) is 0.0455. The van der Waals surface area contributed by atoms with Gasteiger partial charge in [-0.1, -0.05) is 24.3 Å². The fourth-order valence-corrected chi connectivity index (χ4v) is 3.24. The zero-order valence-electron chi connectivity index (χ0n) is 15.2. The summed E-state index contributed by atoms with van der Waals surface area (Å²) in [4.78, 5) is 25.2. The van der Waals surface area contributed by atoms with Crippen LogP contribution in [0.5, 0.6) is 11.5 Å². The highest BCUT2D eigenvalue weighted by molar-refractivity contribution is 5.95. The molecule has 0 spiro atoms. The fourth-order valence-electron chi connectivity index (χ4n) is 3.24. The van der Waals surface area contributed by atoms with E-state index in [1.165, 1.54) is 24.4 Å². The van der Waals surface area contributed by atoms with E-state index in [1.807, 2.05) is 12.1 Å². The van der Waals surface area contributed by atoms with Crippen LogP contribution in [-0.2, 0) is 11.3 Å². The molecule has 1 heterocycles. The van der Waals surface area contributed by atoms with E-state index >= 15 is 0 Å². The van der Waals surface area contributed by atoms with Crippen LogP contribution < -0.4 is 10.9 Å². The quantitative estimate of drug-likeness (QED) is 0.284. The number of benzene rings is 3. The van der Waals surface area contributed by atoms with Crippen LogP contribution in [0.25, 0.3) is 21.8 Å². The van der Waals surface area contributed by atoms with Crippen molar-refractivity contribution in [3.63, 3.8) is 0 Å². The normalized spacial score (nSPS) is 11.3. The number of hydrogen-bond donors (Lipinski definition) is 3. The molecule has 0 unspecified atom stereocenters. The van der Waals surface area contributed by atoms with Crippen LogP contribution in [0.1, 0.15) is 5.56 Å². The number of nitrogens with zero attached hydrogens (tertiary/aromatic N) is 2. The first-order chi connectivity index (χ1) is 14.0. The smallest absolute Gasteiger partial charge is 0.260 e. The number of pyridine rings is 1. The minimum atomic E-state index is -0.390. The molecule has 3 aromatic carbocycles. The van der Waals surface area contributed by atoms with Crippen LogP contribution >= 0.6 is 0 Å². The van der Waals surface area contributed by atoms with Crippen molar-refractivity contribution in [3.8, 4) is 11.5 Å². The molecule has 3 N–H and O–H groups in total. The van der Waals surface area contributed by atoms with E-state index in [1.54, 1.807) is 41.0 Å². The molecule has 0 saturated heterocycles. The molecular weight excluding hydrogens is 370 g/mol. The molecule has 1 amide bonds. The minimum absolute atomic E-state index is 0.0415. The molecule has 7 heteroatoms. The number of carbonyl (C=O) groups excluding carboxylic acids is 1. The van der Waals surface area contributed by atoms with Gasteiger partial charge in [0, 0.05) is 22.4 Å². The van der Waals surface area contributed by atoms with Gasteiger partial charge in [0.05, 0.1) is 17.2 Å². The molecule has 0 atom stereocenters. The highest BCUT2D eigenvalue weighted by Gasteiger charge is 2.12. The van der Waals surface area contributed by atoms with Crippen LogP contribution in [-0.4, -0.2) is 26.9 Å². The monoisotopic (exact) mass is 387 g/mol. The Bertz CT molecular complexity index is 1260. The van der Waals surface area contributed by atoms with E-state index in [-0.39, 0.29) is 23.5 Å². The number of phenolic OH excluding ortho intramolecular Hbond substituents is 2. The molecular formula is C22H17N3O4. The Kier molecular flexibility index (Phi) is 4.70. The highest BCUT2D eigenvalue weighted by Crippen LogP contribution is 2.21. The number of aromatic nitrogens is 1. The lowest BCUT2D eigenvalue weighted by atomic mass is 10.1. The summed E-state index contributed by atoms with van der Waals surface area (Å²) in [5.74, 6) is -0.612. The Labute approximate surface area is 165 Å². The summed E-state index contributed by atoms with van der Waals surface area (Å²) in [5, 5.41) is 24.0. The molecule has 0 radical (unpaired) electrons. The molecule has 7 nitrogen and oxygen atoms in total. The van der Waals surface area contributed by atoms with E-state index in [9.17, 15) is 19.8 Å². The van der Waals surface area contributed by atoms with Crippen LogP contribution in [0.3, 0.4) is 0 Å². The van der Waals surface area contributed by atoms with Crippen LogP contribution in [0, 0.1) is 0 Å². The van der Waals surface area contributed by atoms with Crippen molar-refractivity contribution >= 4 is 33.9 Å². The molecule has 4 aromatic rings. The van der Waals surface area contributed by atoms with Crippen LogP contribution in [0.2, 0.25) is 0 Å². The predicted molar refractivity (Wildman–Crippen MR) is 111 cm³/mol. The lowest BCUT2D eigenvalue weighted by Gasteiger charge is -2.14. The molecule has 0 aliphatic rings. The van der Waals surface area contributed by atoms with Gasteiger partial charge in [-0.15, -0.1) is 0 Å². The molecule has 1 aromatic heterocycles. The van der Waals surface area contributed by atoms with Gasteiger partial charge in [0.2, 0.25) is 0 Å². The maximum atomic E-state index is 12.7. The van der Waals surface area contributed by atoms with Crippen molar-refractivity contribution in [1.29, 1.82) is 0 Å². The molecule has 0 bridgehead atoms. The summed E-state index contributed by atoms with van der Waals surface area (Å²) in [6.07, 6.45) is 1.29. The zero-order valence-corrected chi connectivity index (χ0v) is 15.2. The molecule has 4 rings (SSSR count). The van der Waals surface area contributed by atoms with E-state index < -0.39 is 5.91 Å². The van der Waals surface area contributed by atoms with Gasteiger partial charge < -0.3 is 14.8 Å². The molecule has 0 saturated carbocycles. The third kappa shape index (κ3) is 3.53. The predicted octanol–water partition coefficient (Wildman–Crippen LogP) is 2.72. The molecule has 0 aliphatic carbocycles. The van der Waals surface area contributed by atoms with E-state index in [2.05, 4.69) is 10.5 Å². The number of carbonyl (C=O) groups is 1. The second-order valence-corrected chi connectivity index (χ2v) is 6.49. The van der Waals surface area contributed by atoms with Gasteiger partial charge >= 0.3 is 0 Å². The minimum Gasteiger partial charge on any atom is -0.508 e. The second kappa shape index (κ2) is 7.47. The average Bonchev–Trinajstić information content (AvgIpc) is 2.73. The van der Waals surface area contributed by atoms with Crippen molar-refractivity contribution < 1.29 is 15.0 Å². The van der Waals surface area contributed by atoms with Crippen molar-refractivity contribution in [3.05, 3.63) is 82.5 Å². The third-order valence-electron chi connectivity index (χ3n) is 4.59. The summed E-state index contributed by atoms with van der Waals surface area (Å²) in [7, 11) is 0. The van der Waals surface area contributed by atoms with Gasteiger partial charge in [0.1, 0.15) is 18.0 Å². The van der Waals surface area contributed by atoms with Crippen LogP contribution in [0.15, 0.2) is 76.6 Å². The molecule has 0 aliphatic heterocycles. The van der Waals surface area contributed by atoms with E-state index in [0.717, 1.165) is 0 Å². The van der Waals surface area contributed by atoms with Crippen molar-refractivity contribution in [2.75, 3.05) is 0 Å². The topological polar surface area (TPSA) is 104 Å². The van der Waals surface area contributed by atoms with Gasteiger partial charge in [0.15, 0.2) is 5.43 Å². The summed E-state index contributed by atoms with van der Waals surface area (Å²) in [5.41, 5.74) is 4.02. The molecule has 29 heavy (non-hydrogen) atoms. The molecule has 144 valence electrons. The Hall–Kier alpha value is -4.13. The summed E-state index contributed by atoms with van der Waals surface area (Å²) < 4.78 is 1.77. The number of phenols is 2. The van der Waals surface area contributed by atoms with Gasteiger partial charge in [-0.05, 0) is 36.4 Å². The number of nitrogens with one attached hydrogen (secondary N) is 1. The Morgan fingerprint density at radius 3 is 2.21 bits per heavy atom. The summed E-state index contributed by atoms with van der Waals surface area (Å²) >= 11 is 0. The Morgan fingerprint density at radius 2 is 1.59 bits per heavy atom. The van der Waals surface area contributed by atoms with Gasteiger partial charge in [0.25, 0.3) is 5.91 Å². The Morgan fingerprint density at radius 1 is 0.966 bits per heavy atom.